The monoisotopic (exact) mass is 318 g/mol. The number of fused-ring (bicyclic) bond motifs is 2. The van der Waals surface area contributed by atoms with Crippen LogP contribution in [0.4, 0.5) is 0 Å². The summed E-state index contributed by atoms with van der Waals surface area (Å²) in [6.45, 7) is 10.1. The van der Waals surface area contributed by atoms with Gasteiger partial charge in [-0.3, -0.25) is 0 Å². The maximum atomic E-state index is 2.51. The summed E-state index contributed by atoms with van der Waals surface area (Å²) < 4.78 is 0. The van der Waals surface area contributed by atoms with E-state index in [0.717, 1.165) is 0 Å². The Bertz CT molecular complexity index is 767. The van der Waals surface area contributed by atoms with Crippen molar-refractivity contribution in [2.75, 3.05) is 0 Å². The van der Waals surface area contributed by atoms with E-state index in [4.69, 9.17) is 0 Å². The summed E-state index contributed by atoms with van der Waals surface area (Å²) in [5.41, 5.74) is 2.91. The first-order valence-corrected chi connectivity index (χ1v) is 14.1. The molecule has 0 N–H and O–H groups in total. The number of hydrogen-bond donors (Lipinski definition) is 0. The normalized spacial score (nSPS) is 20.2. The predicted octanol–water partition coefficient (Wildman–Crippen LogP) is 4.09. The molecule has 0 bridgehead atoms. The van der Waals surface area contributed by atoms with Gasteiger partial charge < -0.3 is 0 Å². The molecule has 2 heteroatoms. The fraction of sp³-hybridized carbons (Fsp3) is 0.200. The van der Waals surface area contributed by atoms with E-state index in [1.807, 2.05) is 0 Å². The summed E-state index contributed by atoms with van der Waals surface area (Å²) in [7, 11) is -3.11. The molecule has 4 rings (SSSR count). The second kappa shape index (κ2) is 4.43. The van der Waals surface area contributed by atoms with E-state index in [2.05, 4.69) is 86.9 Å². The highest BCUT2D eigenvalue weighted by atomic mass is 28.3. The van der Waals surface area contributed by atoms with Crippen LogP contribution >= 0.6 is 0 Å². The molecule has 2 aliphatic rings. The van der Waals surface area contributed by atoms with Gasteiger partial charge in [0.15, 0.2) is 0 Å². The molecule has 0 saturated carbocycles. The molecule has 0 aromatic heterocycles. The maximum Gasteiger partial charge on any atom is 0.112 e. The van der Waals surface area contributed by atoms with Crippen LogP contribution < -0.4 is 10.4 Å². The summed E-state index contributed by atoms with van der Waals surface area (Å²) in [5, 5.41) is 6.54. The molecule has 2 aromatic carbocycles. The van der Waals surface area contributed by atoms with Gasteiger partial charge in [0.05, 0.1) is 0 Å². The van der Waals surface area contributed by atoms with Gasteiger partial charge in [0.25, 0.3) is 0 Å². The molecule has 110 valence electrons. The van der Waals surface area contributed by atoms with E-state index in [-0.39, 0.29) is 0 Å². The largest absolute Gasteiger partial charge is 0.112 e. The molecular weight excluding hydrogens is 296 g/mol. The molecule has 2 heterocycles. The van der Waals surface area contributed by atoms with Crippen LogP contribution in [0.3, 0.4) is 0 Å². The Balaban J connectivity index is 1.89. The Morgan fingerprint density at radius 1 is 0.545 bits per heavy atom. The number of allylic oxidation sites excluding steroid dienone is 2. The SMILES string of the molecule is C[Si]1(C)C(C2=Cc3ccccc3[Si]2(C)C)=Cc2ccccc21. The highest BCUT2D eigenvalue weighted by Gasteiger charge is 2.44. The van der Waals surface area contributed by atoms with Crippen molar-refractivity contribution in [3.63, 3.8) is 0 Å². The molecule has 0 unspecified atom stereocenters. The van der Waals surface area contributed by atoms with Crippen molar-refractivity contribution < 1.29 is 0 Å². The van der Waals surface area contributed by atoms with Crippen LogP contribution in [-0.4, -0.2) is 16.1 Å². The fourth-order valence-corrected chi connectivity index (χ4v) is 11.9. The Morgan fingerprint density at radius 3 is 1.27 bits per heavy atom. The second-order valence-electron chi connectivity index (χ2n) is 7.54. The summed E-state index contributed by atoms with van der Waals surface area (Å²) in [6.07, 6.45) is 4.99. The lowest BCUT2D eigenvalue weighted by Gasteiger charge is -2.30. The second-order valence-corrected chi connectivity index (χ2v) is 16.2. The third kappa shape index (κ3) is 1.74. The van der Waals surface area contributed by atoms with E-state index in [1.165, 1.54) is 11.1 Å². The average molecular weight is 319 g/mol. The molecule has 0 radical (unpaired) electrons. The van der Waals surface area contributed by atoms with Crippen molar-refractivity contribution in [1.29, 1.82) is 0 Å². The summed E-state index contributed by atoms with van der Waals surface area (Å²) in [6, 6.07) is 18.0. The highest BCUT2D eigenvalue weighted by Crippen LogP contribution is 2.39. The molecule has 0 atom stereocenters. The van der Waals surface area contributed by atoms with Gasteiger partial charge in [-0.25, -0.2) is 0 Å². The van der Waals surface area contributed by atoms with Gasteiger partial charge in [0.1, 0.15) is 16.1 Å². The molecule has 0 nitrogen and oxygen atoms in total. The van der Waals surface area contributed by atoms with Crippen LogP contribution in [0.1, 0.15) is 11.1 Å². The lowest BCUT2D eigenvalue weighted by Crippen LogP contribution is -2.48. The van der Waals surface area contributed by atoms with Gasteiger partial charge in [-0.15, -0.1) is 0 Å². The van der Waals surface area contributed by atoms with E-state index in [0.29, 0.717) is 0 Å². The van der Waals surface area contributed by atoms with Crippen molar-refractivity contribution in [2.45, 2.75) is 26.2 Å². The first-order valence-electron chi connectivity index (χ1n) is 8.06. The van der Waals surface area contributed by atoms with Crippen LogP contribution in [0.25, 0.3) is 12.2 Å². The topological polar surface area (TPSA) is 0 Å². The molecule has 0 aliphatic carbocycles. The maximum absolute atomic E-state index is 2.51. The Hall–Kier alpha value is -1.65. The summed E-state index contributed by atoms with van der Waals surface area (Å²) >= 11 is 0. The molecule has 0 saturated heterocycles. The molecule has 0 fully saturated rings. The van der Waals surface area contributed by atoms with Crippen LogP contribution in [-0.2, 0) is 0 Å². The van der Waals surface area contributed by atoms with Crippen molar-refractivity contribution in [3.8, 4) is 0 Å². The number of rotatable bonds is 1. The van der Waals surface area contributed by atoms with Crippen molar-refractivity contribution >= 4 is 38.7 Å². The Morgan fingerprint density at radius 2 is 0.909 bits per heavy atom. The molecule has 2 aromatic rings. The van der Waals surface area contributed by atoms with E-state index < -0.39 is 16.1 Å². The van der Waals surface area contributed by atoms with Gasteiger partial charge >= 0.3 is 0 Å². The standard InChI is InChI=1S/C20H22Si2/c1-21(2)17-11-7-5-9-15(17)13-19(21)20-14-16-10-6-8-12-18(16)22(20,3)4/h5-14H,1-4H3. The number of benzene rings is 2. The minimum absolute atomic E-state index is 1.45. The molecular formula is C20H22Si2. The van der Waals surface area contributed by atoms with Crippen LogP contribution in [0.15, 0.2) is 58.9 Å². The minimum Gasteiger partial charge on any atom is -0.0623 e. The number of hydrogen-bond acceptors (Lipinski definition) is 0. The molecule has 0 spiro atoms. The predicted molar refractivity (Wildman–Crippen MR) is 103 cm³/mol. The zero-order valence-electron chi connectivity index (χ0n) is 13.8. The van der Waals surface area contributed by atoms with E-state index in [1.54, 1.807) is 20.8 Å². The van der Waals surface area contributed by atoms with Crippen molar-refractivity contribution in [2.24, 2.45) is 0 Å². The molecule has 2 aliphatic heterocycles. The van der Waals surface area contributed by atoms with Crippen molar-refractivity contribution in [3.05, 3.63) is 70.1 Å². The molecule has 22 heavy (non-hydrogen) atoms. The first kappa shape index (κ1) is 14.0. The third-order valence-corrected chi connectivity index (χ3v) is 12.9. The van der Waals surface area contributed by atoms with Gasteiger partial charge in [-0.2, -0.15) is 0 Å². The fourth-order valence-electron chi connectivity index (χ4n) is 4.17. The zero-order chi connectivity index (χ0) is 15.5. The third-order valence-electron chi connectivity index (χ3n) is 5.50. The summed E-state index contributed by atoms with van der Waals surface area (Å²) in [5.74, 6) is 0. The lowest BCUT2D eigenvalue weighted by molar-refractivity contribution is 1.67. The highest BCUT2D eigenvalue weighted by molar-refractivity contribution is 7.06. The van der Waals surface area contributed by atoms with Crippen LogP contribution in [0.2, 0.25) is 26.2 Å². The van der Waals surface area contributed by atoms with Crippen LogP contribution in [0, 0.1) is 0 Å². The van der Waals surface area contributed by atoms with Gasteiger partial charge in [-0.1, -0.05) is 97.3 Å². The average Bonchev–Trinajstić information content (AvgIpc) is 2.91. The smallest absolute Gasteiger partial charge is 0.0623 e. The van der Waals surface area contributed by atoms with E-state index in [9.17, 15) is 0 Å². The Labute approximate surface area is 135 Å². The van der Waals surface area contributed by atoms with Gasteiger partial charge in [0, 0.05) is 0 Å². The van der Waals surface area contributed by atoms with E-state index >= 15 is 0 Å². The quantitative estimate of drug-likeness (QED) is 0.695. The van der Waals surface area contributed by atoms with Crippen molar-refractivity contribution in [1.82, 2.24) is 0 Å². The summed E-state index contributed by atoms with van der Waals surface area (Å²) in [4.78, 5) is 0. The minimum atomic E-state index is -1.56. The first-order chi connectivity index (χ1) is 10.4. The zero-order valence-corrected chi connectivity index (χ0v) is 15.8. The lowest BCUT2D eigenvalue weighted by atomic mass is 10.2. The Kier molecular flexibility index (Phi) is 2.82. The van der Waals surface area contributed by atoms with Crippen LogP contribution in [0.5, 0.6) is 0 Å². The van der Waals surface area contributed by atoms with Gasteiger partial charge in [0.2, 0.25) is 0 Å². The van der Waals surface area contributed by atoms with Gasteiger partial charge in [-0.05, 0) is 21.5 Å². The molecule has 0 amide bonds.